The normalized spacial score (nSPS) is 10.6. The number of hydrogen-bond acceptors (Lipinski definition) is 19. The molecule has 0 aliphatic rings. The van der Waals surface area contributed by atoms with E-state index in [-0.39, 0.29) is 166 Å². The van der Waals surface area contributed by atoms with Crippen molar-refractivity contribution in [1.29, 1.82) is 0 Å². The number of aromatic nitrogens is 22. The van der Waals surface area contributed by atoms with Gasteiger partial charge in [-0.25, -0.2) is 0 Å². The number of nitrogens with zero attached hydrogens (tertiary/aromatic N) is 22. The van der Waals surface area contributed by atoms with Gasteiger partial charge in [0.05, 0.1) is 34.2 Å². The van der Waals surface area contributed by atoms with Crippen LogP contribution in [-0.4, -0.2) is 96.2 Å². The molecule has 2 aromatic carbocycles. The van der Waals surface area contributed by atoms with E-state index in [4.69, 9.17) is 5.11 Å². The van der Waals surface area contributed by atoms with Gasteiger partial charge in [0.25, 0.3) is 0 Å². The van der Waals surface area contributed by atoms with Gasteiger partial charge in [0.1, 0.15) is 23.3 Å². The fourth-order valence-corrected chi connectivity index (χ4v) is 7.46. The van der Waals surface area contributed by atoms with E-state index in [0.717, 1.165) is 34.6 Å². The van der Waals surface area contributed by atoms with Crippen molar-refractivity contribution < 1.29 is 174 Å². The molecule has 24 nitrogen and oxygen atoms in total. The van der Waals surface area contributed by atoms with Gasteiger partial charge in [-0.1, -0.05) is 60.2 Å². The fourth-order valence-electron chi connectivity index (χ4n) is 7.46. The molecule has 0 fully saturated rings. The van der Waals surface area contributed by atoms with Crippen molar-refractivity contribution in [3.63, 3.8) is 0 Å². The second-order valence-electron chi connectivity index (χ2n) is 20.2. The van der Waals surface area contributed by atoms with Gasteiger partial charge in [0.15, 0.2) is 5.78 Å². The van der Waals surface area contributed by atoms with Crippen molar-refractivity contribution in [1.82, 2.24) is 111 Å². The Morgan fingerprint density at radius 1 is 0.405 bits per heavy atom. The van der Waals surface area contributed by atoms with Gasteiger partial charge >= 0.3 is 45.8 Å². The first-order chi connectivity index (χ1) is 50.4. The maximum atomic E-state index is 13.2. The first kappa shape index (κ1) is 96.8. The third-order valence-corrected chi connectivity index (χ3v) is 11.9. The Balaban J connectivity index is 0.000000431. The molecule has 0 amide bonds. The molecule has 0 saturated heterocycles. The summed E-state index contributed by atoms with van der Waals surface area (Å²) in [4.78, 5) is 54.7. The van der Waals surface area contributed by atoms with Crippen LogP contribution in [0.4, 0.5) is 61.5 Å². The van der Waals surface area contributed by atoms with Crippen molar-refractivity contribution in [2.75, 3.05) is 0 Å². The first-order valence-electron chi connectivity index (χ1n) is 29.7. The molecule has 14 rings (SSSR count). The molecule has 111 heavy (non-hydrogen) atoms. The van der Waals surface area contributed by atoms with Crippen molar-refractivity contribution in [2.45, 2.75) is 52.4 Å². The van der Waals surface area contributed by atoms with Crippen LogP contribution in [0, 0.1) is 37.6 Å². The zero-order valence-corrected chi connectivity index (χ0v) is 68.0. The third kappa shape index (κ3) is 33.1. The van der Waals surface area contributed by atoms with Gasteiger partial charge in [0.2, 0.25) is 0 Å². The number of allylic oxidation sites excluding steroid dienone is 2. The van der Waals surface area contributed by atoms with Crippen molar-refractivity contribution in [2.24, 2.45) is 0 Å². The van der Waals surface area contributed by atoms with E-state index in [1.807, 2.05) is 60.7 Å². The quantitative estimate of drug-likeness (QED) is 0.0639. The summed E-state index contributed by atoms with van der Waals surface area (Å²) < 4.78 is 172. The Hall–Kier alpha value is -10.3. The summed E-state index contributed by atoms with van der Waals surface area (Å²) in [6, 6.07) is 49.6. The number of carbonyl (C=O) groups excluding carboxylic acids is 1. The van der Waals surface area contributed by atoms with Crippen LogP contribution in [0.5, 0.6) is 0 Å². The zero-order chi connectivity index (χ0) is 76.9. The monoisotopic (exact) mass is 2440 g/mol. The SMILES string of the molecule is CC(=O)C=C(C)O.Cc1ccnc(-c2nc(C(F)(F)F)n[n-]2)c1.Cc1n[n-]c(-c2ccccn2)n1.FC(F)(F)c1n[n-]c(-c2ccccn2)n1.FC(F)(F)c1n[n-]c(-c2ccccn2)n1.FC(F)(F)c1n[n-]c(-c2ccccn2)n1.Fc1c[c-]c(-c2ccccn2)c(F)c1.[Ir].[Ir].[Ir].[Pt+2].[Pt].[c-]1ccccc1-c1ccccn1. The number of ketones is 1. The molecule has 12 aromatic heterocycles. The number of halogens is 14. The van der Waals surface area contributed by atoms with Crippen molar-refractivity contribution in [3.05, 3.63) is 271 Å². The number of aliphatic hydroxyl groups is 1. The molecular weight excluding hydrogens is 2390 g/mol. The van der Waals surface area contributed by atoms with Crippen LogP contribution >= 0.6 is 0 Å². The van der Waals surface area contributed by atoms with Gasteiger partial charge in [-0.15, -0.1) is 48.0 Å². The Kier molecular flexibility index (Phi) is 41.1. The molecular formula is C68H47F14Ir3N22O2Pt2-5. The molecule has 14 aromatic rings. The molecule has 591 valence electrons. The standard InChI is InChI=1S/C11H6F2N.C11H8N.C9H6F3N4.3C8H4F3N4.C8H7N4.C5H8O2.3Ir.2Pt/c12-8-4-5-9(10(13)7-8)11-3-1-2-6-14-11;1-2-6-10(7-3-1)11-8-4-5-9-12-11;1-5-2-3-13-6(4-5)7-14-8(16-15-7)9(10,11)12;3*9-8(10,11)7-13-6(14-15-7)5-3-1-2-4-12-5;1-6-10-8(12-11-6)7-4-2-3-5-9-7;1-4(6)3-5(2)7;;;;;/h1-4,6-7H;1-6,8-9H;2-4H,1H3;3*1-4H;2-5H,1H3;3,6H,1-2H3;;;;;/q7*-1;;;;;;+2. The minimum atomic E-state index is -4.57. The Morgan fingerprint density at radius 3 is 1.00 bits per heavy atom. The maximum absolute atomic E-state index is 13.2. The van der Waals surface area contributed by atoms with Crippen LogP contribution in [0.15, 0.2) is 213 Å². The average molecular weight is 2440 g/mol. The molecule has 0 aliphatic carbocycles. The summed E-state index contributed by atoms with van der Waals surface area (Å²) >= 11 is 0. The van der Waals surface area contributed by atoms with Crippen molar-refractivity contribution in [3.8, 4) is 80.1 Å². The van der Waals surface area contributed by atoms with Crippen LogP contribution in [0.1, 0.15) is 48.5 Å². The topological polar surface area (TPSA) is 327 Å². The van der Waals surface area contributed by atoms with Crippen LogP contribution in [-0.2, 0) is 132 Å². The molecule has 3 radical (unpaired) electrons. The number of benzene rings is 2. The third-order valence-electron chi connectivity index (χ3n) is 11.9. The Labute approximate surface area is 689 Å². The molecule has 43 heteroatoms. The summed E-state index contributed by atoms with van der Waals surface area (Å²) in [5.74, 6) is -5.55. The fraction of sp³-hybridized carbons (Fsp3) is 0.118. The van der Waals surface area contributed by atoms with E-state index in [1.54, 1.807) is 99.2 Å². The van der Waals surface area contributed by atoms with E-state index in [0.29, 0.717) is 17.3 Å². The minimum absolute atomic E-state index is 0. The van der Waals surface area contributed by atoms with E-state index in [9.17, 15) is 66.3 Å². The van der Waals surface area contributed by atoms with Crippen LogP contribution in [0.2, 0.25) is 0 Å². The molecule has 12 heterocycles. The van der Waals surface area contributed by atoms with Crippen molar-refractivity contribution >= 4 is 5.78 Å². The number of aryl methyl sites for hydroxylation is 2. The van der Waals surface area contributed by atoms with Gasteiger partial charge < -0.3 is 65.5 Å². The molecule has 0 aliphatic heterocycles. The number of hydrogen-bond donors (Lipinski definition) is 1. The largest absolute Gasteiger partial charge is 2.00 e. The van der Waals surface area contributed by atoms with Gasteiger partial charge in [-0.05, 0) is 147 Å². The predicted octanol–water partition coefficient (Wildman–Crippen LogP) is 13.6. The average Bonchev–Trinajstić information content (AvgIpc) is 1.80. The first-order valence-corrected chi connectivity index (χ1v) is 29.7. The summed E-state index contributed by atoms with van der Waals surface area (Å²) in [5, 5.41) is 41.1. The summed E-state index contributed by atoms with van der Waals surface area (Å²) in [6.07, 6.45) is -6.26. The number of alkyl halides is 12. The van der Waals surface area contributed by atoms with E-state index in [2.05, 4.69) is 123 Å². The van der Waals surface area contributed by atoms with E-state index in [1.165, 1.54) is 62.9 Å². The maximum Gasteiger partial charge on any atom is 2.00 e. The zero-order valence-electron chi connectivity index (χ0n) is 56.2. The minimum Gasteiger partial charge on any atom is -0.512 e. The molecule has 0 bridgehead atoms. The number of aliphatic hydroxyl groups excluding tert-OH is 1. The van der Waals surface area contributed by atoms with Gasteiger partial charge in [-0.3, -0.25) is 64.0 Å². The summed E-state index contributed by atoms with van der Waals surface area (Å²) in [6.45, 7) is 6.45. The van der Waals surface area contributed by atoms with Gasteiger partial charge in [-0.2, -0.15) is 52.7 Å². The predicted molar refractivity (Wildman–Crippen MR) is 346 cm³/mol. The van der Waals surface area contributed by atoms with Gasteiger partial charge in [0, 0.05) is 148 Å². The molecule has 1 N–H and O–H groups in total. The van der Waals surface area contributed by atoms with Crippen LogP contribution in [0.25, 0.3) is 80.1 Å². The Bertz CT molecular complexity index is 4740. The molecule has 0 spiro atoms. The number of rotatable bonds is 8. The summed E-state index contributed by atoms with van der Waals surface area (Å²) in [5.41, 5.74) is 5.35. The van der Waals surface area contributed by atoms with Crippen LogP contribution in [0.3, 0.4) is 0 Å². The summed E-state index contributed by atoms with van der Waals surface area (Å²) in [7, 11) is 0. The molecule has 0 atom stereocenters. The second-order valence-corrected chi connectivity index (χ2v) is 20.2. The molecule has 0 saturated carbocycles. The van der Waals surface area contributed by atoms with E-state index >= 15 is 0 Å². The smallest absolute Gasteiger partial charge is 0.512 e. The number of carbonyl (C=O) groups is 1. The molecule has 0 unspecified atom stereocenters. The Morgan fingerprint density at radius 2 is 0.730 bits per heavy atom. The van der Waals surface area contributed by atoms with E-state index < -0.39 is 59.6 Å². The number of pyridine rings is 7. The van der Waals surface area contributed by atoms with Crippen LogP contribution < -0.4 is 25.5 Å². The second kappa shape index (κ2) is 47.1.